The molecule has 2 unspecified atom stereocenters. The molecule has 0 aromatic heterocycles. The van der Waals surface area contributed by atoms with Gasteiger partial charge in [-0.25, -0.2) is 0 Å². The van der Waals surface area contributed by atoms with Crippen molar-refractivity contribution in [3.05, 3.63) is 35.9 Å². The fraction of sp³-hybridized carbons (Fsp3) is 0.611. The summed E-state index contributed by atoms with van der Waals surface area (Å²) in [4.78, 5) is 14.7. The van der Waals surface area contributed by atoms with Gasteiger partial charge in [0.25, 0.3) is 0 Å². The van der Waals surface area contributed by atoms with Gasteiger partial charge in [-0.3, -0.25) is 9.69 Å². The van der Waals surface area contributed by atoms with Crippen LogP contribution < -0.4 is 0 Å². The Balaban J connectivity index is 1.72. The second-order valence-corrected chi connectivity index (χ2v) is 6.38. The lowest BCUT2D eigenvalue weighted by molar-refractivity contribution is -0.126. The molecule has 0 saturated carbocycles. The van der Waals surface area contributed by atoms with Crippen LogP contribution in [-0.2, 0) is 11.3 Å². The molecule has 2 bridgehead atoms. The lowest BCUT2D eigenvalue weighted by Crippen LogP contribution is -2.52. The first-order valence-corrected chi connectivity index (χ1v) is 8.10. The monoisotopic (exact) mass is 271 g/mol. The second-order valence-electron chi connectivity index (χ2n) is 6.38. The first-order valence-electron chi connectivity index (χ1n) is 8.10. The molecule has 2 nitrogen and oxygen atoms in total. The lowest BCUT2D eigenvalue weighted by Gasteiger charge is -2.48. The van der Waals surface area contributed by atoms with E-state index >= 15 is 0 Å². The second kappa shape index (κ2) is 6.09. The van der Waals surface area contributed by atoms with E-state index in [2.05, 4.69) is 35.2 Å². The molecule has 2 heterocycles. The molecule has 0 aliphatic carbocycles. The van der Waals surface area contributed by atoms with Crippen LogP contribution in [0.4, 0.5) is 0 Å². The van der Waals surface area contributed by atoms with E-state index in [1.54, 1.807) is 0 Å². The van der Waals surface area contributed by atoms with Crippen LogP contribution in [0.2, 0.25) is 0 Å². The summed E-state index contributed by atoms with van der Waals surface area (Å²) in [6, 6.07) is 12.0. The summed E-state index contributed by atoms with van der Waals surface area (Å²) in [5.41, 5.74) is 1.41. The van der Waals surface area contributed by atoms with Gasteiger partial charge < -0.3 is 0 Å². The van der Waals surface area contributed by atoms with E-state index in [4.69, 9.17) is 0 Å². The Morgan fingerprint density at radius 1 is 1.15 bits per heavy atom. The molecule has 1 aromatic rings. The van der Waals surface area contributed by atoms with Gasteiger partial charge in [0.05, 0.1) is 0 Å². The van der Waals surface area contributed by atoms with E-state index in [9.17, 15) is 4.79 Å². The number of Topliss-reactive ketones (excluding diaryl/α,β-unsaturated/α-hetero) is 1. The van der Waals surface area contributed by atoms with Crippen LogP contribution >= 0.6 is 0 Å². The predicted molar refractivity (Wildman–Crippen MR) is 81.4 cm³/mol. The van der Waals surface area contributed by atoms with E-state index in [0.717, 1.165) is 19.4 Å². The summed E-state index contributed by atoms with van der Waals surface area (Å²) < 4.78 is 0. The van der Waals surface area contributed by atoms with Gasteiger partial charge in [-0.15, -0.1) is 0 Å². The highest BCUT2D eigenvalue weighted by molar-refractivity contribution is 5.80. The first kappa shape index (κ1) is 13.8. The summed E-state index contributed by atoms with van der Waals surface area (Å²) in [5, 5.41) is 0. The highest BCUT2D eigenvalue weighted by Crippen LogP contribution is 2.38. The van der Waals surface area contributed by atoms with E-state index in [1.165, 1.54) is 24.8 Å². The topological polar surface area (TPSA) is 20.3 Å². The van der Waals surface area contributed by atoms with Gasteiger partial charge in [-0.05, 0) is 31.2 Å². The van der Waals surface area contributed by atoms with Crippen LogP contribution in [0, 0.1) is 5.92 Å². The van der Waals surface area contributed by atoms with Gasteiger partial charge in [-0.2, -0.15) is 0 Å². The molecule has 20 heavy (non-hydrogen) atoms. The summed E-state index contributed by atoms with van der Waals surface area (Å²) in [7, 11) is 0. The molecule has 0 amide bonds. The maximum atomic E-state index is 12.0. The minimum Gasteiger partial charge on any atom is -0.299 e. The Kier molecular flexibility index (Phi) is 4.21. The number of hydrogen-bond acceptors (Lipinski definition) is 2. The fourth-order valence-corrected chi connectivity index (χ4v) is 4.08. The molecule has 2 saturated heterocycles. The third-order valence-electron chi connectivity index (χ3n) is 5.14. The van der Waals surface area contributed by atoms with Crippen molar-refractivity contribution >= 4 is 5.78 Å². The summed E-state index contributed by atoms with van der Waals surface area (Å²) >= 11 is 0. The van der Waals surface area contributed by atoms with Crippen molar-refractivity contribution in [3.63, 3.8) is 0 Å². The number of piperidine rings is 2. The molecular weight excluding hydrogens is 246 g/mol. The summed E-state index contributed by atoms with van der Waals surface area (Å²) in [5.74, 6) is 0.823. The quantitative estimate of drug-likeness (QED) is 0.830. The number of carbonyl (C=O) groups is 1. The van der Waals surface area contributed by atoms with Crippen LogP contribution in [0.1, 0.15) is 51.0 Å². The van der Waals surface area contributed by atoms with E-state index in [1.807, 2.05) is 6.92 Å². The number of rotatable bonds is 4. The molecule has 0 spiro atoms. The van der Waals surface area contributed by atoms with E-state index in [0.29, 0.717) is 30.2 Å². The standard InChI is InChI=1S/C18H25NO/c1-2-18(20)15-11-16-9-6-10-17(12-15)19(16)13-14-7-4-3-5-8-14/h3-5,7-8,15-17H,2,6,9-13H2,1H3. The Hall–Kier alpha value is -1.15. The van der Waals surface area contributed by atoms with Crippen LogP contribution in [0.25, 0.3) is 0 Å². The SMILES string of the molecule is CCC(=O)C1CC2CCCC(C1)N2Cc1ccccc1. The molecule has 0 radical (unpaired) electrons. The number of hydrogen-bond donors (Lipinski definition) is 0. The fourth-order valence-electron chi connectivity index (χ4n) is 4.08. The Bertz CT molecular complexity index is 442. The van der Waals surface area contributed by atoms with Crippen LogP contribution in [0.15, 0.2) is 30.3 Å². The minimum atomic E-state index is 0.335. The Morgan fingerprint density at radius 3 is 2.40 bits per heavy atom. The zero-order valence-electron chi connectivity index (χ0n) is 12.4. The first-order chi connectivity index (χ1) is 9.78. The average Bonchev–Trinajstić information content (AvgIpc) is 2.47. The van der Waals surface area contributed by atoms with Crippen molar-refractivity contribution in [1.29, 1.82) is 0 Å². The normalized spacial score (nSPS) is 30.1. The van der Waals surface area contributed by atoms with Gasteiger partial charge in [0.2, 0.25) is 0 Å². The third-order valence-corrected chi connectivity index (χ3v) is 5.14. The van der Waals surface area contributed by atoms with E-state index in [-0.39, 0.29) is 0 Å². The summed E-state index contributed by atoms with van der Waals surface area (Å²) in [6.07, 6.45) is 6.79. The average molecular weight is 271 g/mol. The van der Waals surface area contributed by atoms with Gasteiger partial charge >= 0.3 is 0 Å². The van der Waals surface area contributed by atoms with Crippen molar-refractivity contribution < 1.29 is 4.79 Å². The number of carbonyl (C=O) groups excluding carboxylic acids is 1. The Labute approximate surface area is 122 Å². The molecule has 2 aliphatic rings. The highest BCUT2D eigenvalue weighted by atomic mass is 16.1. The van der Waals surface area contributed by atoms with Gasteiger partial charge in [0, 0.05) is 31.0 Å². The van der Waals surface area contributed by atoms with Gasteiger partial charge in [0.1, 0.15) is 5.78 Å². The van der Waals surface area contributed by atoms with E-state index < -0.39 is 0 Å². The molecule has 2 atom stereocenters. The van der Waals surface area contributed by atoms with Crippen molar-refractivity contribution in [2.45, 2.75) is 64.1 Å². The van der Waals surface area contributed by atoms with Crippen molar-refractivity contribution in [3.8, 4) is 0 Å². The maximum absolute atomic E-state index is 12.0. The number of fused-ring (bicyclic) bond motifs is 2. The minimum absolute atomic E-state index is 0.335. The van der Waals surface area contributed by atoms with Gasteiger partial charge in [-0.1, -0.05) is 43.7 Å². The highest BCUT2D eigenvalue weighted by Gasteiger charge is 2.39. The molecule has 2 aliphatic heterocycles. The lowest BCUT2D eigenvalue weighted by atomic mass is 9.76. The van der Waals surface area contributed by atoms with Crippen molar-refractivity contribution in [2.24, 2.45) is 5.92 Å². The molecule has 2 fully saturated rings. The Morgan fingerprint density at radius 2 is 1.80 bits per heavy atom. The van der Waals surface area contributed by atoms with Crippen molar-refractivity contribution in [1.82, 2.24) is 4.90 Å². The zero-order chi connectivity index (χ0) is 13.9. The predicted octanol–water partition coefficient (Wildman–Crippen LogP) is 3.80. The molecular formula is C18H25NO. The number of benzene rings is 1. The molecule has 2 heteroatoms. The largest absolute Gasteiger partial charge is 0.299 e. The maximum Gasteiger partial charge on any atom is 0.135 e. The molecule has 3 rings (SSSR count). The molecule has 1 aromatic carbocycles. The van der Waals surface area contributed by atoms with Gasteiger partial charge in [0.15, 0.2) is 0 Å². The zero-order valence-corrected chi connectivity index (χ0v) is 12.4. The smallest absolute Gasteiger partial charge is 0.135 e. The number of nitrogens with zero attached hydrogens (tertiary/aromatic N) is 1. The number of ketones is 1. The van der Waals surface area contributed by atoms with Crippen LogP contribution in [0.3, 0.4) is 0 Å². The summed E-state index contributed by atoms with van der Waals surface area (Å²) in [6.45, 7) is 3.07. The van der Waals surface area contributed by atoms with Crippen LogP contribution in [0.5, 0.6) is 0 Å². The molecule has 0 N–H and O–H groups in total. The van der Waals surface area contributed by atoms with Crippen molar-refractivity contribution in [2.75, 3.05) is 0 Å². The third kappa shape index (κ3) is 2.80. The molecule has 108 valence electrons. The van der Waals surface area contributed by atoms with Crippen LogP contribution in [-0.4, -0.2) is 22.8 Å².